The number of ether oxygens (including phenoxy) is 1. The molecule has 0 atom stereocenters. The molecule has 0 fully saturated rings. The molecule has 6 heteroatoms. The van der Waals surface area contributed by atoms with Crippen molar-refractivity contribution in [3.8, 4) is 17.1 Å². The summed E-state index contributed by atoms with van der Waals surface area (Å²) < 4.78 is 7.81. The largest absolute Gasteiger partial charge is 0.491 e. The molecule has 0 saturated heterocycles. The first-order valence-electron chi connectivity index (χ1n) is 8.08. The summed E-state index contributed by atoms with van der Waals surface area (Å²) in [6.45, 7) is 6.04. The molecule has 128 valence electrons. The molecule has 1 aromatic heterocycles. The number of aryl methyl sites for hydroxylation is 1. The van der Waals surface area contributed by atoms with Crippen LogP contribution in [0, 0.1) is 11.7 Å². The van der Waals surface area contributed by atoms with Gasteiger partial charge in [0.05, 0.1) is 12.3 Å². The first kappa shape index (κ1) is 17.1. The fourth-order valence-corrected chi connectivity index (χ4v) is 2.62. The molecule has 0 spiro atoms. The molecule has 0 aliphatic heterocycles. The first-order chi connectivity index (χ1) is 12.0. The van der Waals surface area contributed by atoms with Crippen molar-refractivity contribution in [2.75, 3.05) is 0 Å². The summed E-state index contributed by atoms with van der Waals surface area (Å²) in [5, 5.41) is 11.6. The standard InChI is InChI=1S/C19H20N4OS/c1-13(2)24-17-9-5-8-16(11-17)18-21-22-19(25)23(18)20-12-15-7-4-6-14(3)10-15/h4-13H,1-3H3,(H,22,25)/b20-12-. The molecule has 5 nitrogen and oxygen atoms in total. The van der Waals surface area contributed by atoms with Crippen LogP contribution in [-0.4, -0.2) is 27.2 Å². The van der Waals surface area contributed by atoms with Crippen molar-refractivity contribution in [3.63, 3.8) is 0 Å². The van der Waals surface area contributed by atoms with Gasteiger partial charge in [0.1, 0.15) is 5.75 Å². The molecular weight excluding hydrogens is 332 g/mol. The van der Waals surface area contributed by atoms with E-state index in [4.69, 9.17) is 17.0 Å². The van der Waals surface area contributed by atoms with Gasteiger partial charge in [0.15, 0.2) is 5.82 Å². The van der Waals surface area contributed by atoms with Crippen molar-refractivity contribution in [1.82, 2.24) is 14.9 Å². The second kappa shape index (κ2) is 7.44. The van der Waals surface area contributed by atoms with Gasteiger partial charge in [-0.15, -0.1) is 0 Å². The van der Waals surface area contributed by atoms with Crippen LogP contribution in [-0.2, 0) is 0 Å². The minimum Gasteiger partial charge on any atom is -0.491 e. The van der Waals surface area contributed by atoms with Crippen LogP contribution in [0.3, 0.4) is 0 Å². The van der Waals surface area contributed by atoms with Crippen LogP contribution in [0.4, 0.5) is 0 Å². The summed E-state index contributed by atoms with van der Waals surface area (Å²) in [5.41, 5.74) is 3.07. The van der Waals surface area contributed by atoms with Gasteiger partial charge < -0.3 is 4.74 Å². The zero-order chi connectivity index (χ0) is 17.8. The Kier molecular flexibility index (Phi) is 5.09. The predicted molar refractivity (Wildman–Crippen MR) is 103 cm³/mol. The molecule has 3 aromatic rings. The molecule has 0 unspecified atom stereocenters. The van der Waals surface area contributed by atoms with E-state index in [9.17, 15) is 0 Å². The van der Waals surface area contributed by atoms with Crippen molar-refractivity contribution >= 4 is 18.4 Å². The lowest BCUT2D eigenvalue weighted by molar-refractivity contribution is 0.242. The molecule has 0 aliphatic carbocycles. The van der Waals surface area contributed by atoms with Gasteiger partial charge in [-0.25, -0.2) is 5.10 Å². The molecule has 1 heterocycles. The quantitative estimate of drug-likeness (QED) is 0.540. The van der Waals surface area contributed by atoms with Gasteiger partial charge in [0.2, 0.25) is 4.77 Å². The van der Waals surface area contributed by atoms with E-state index >= 15 is 0 Å². The highest BCUT2D eigenvalue weighted by molar-refractivity contribution is 7.71. The summed E-state index contributed by atoms with van der Waals surface area (Å²) >= 11 is 5.32. The van der Waals surface area contributed by atoms with Crippen molar-refractivity contribution < 1.29 is 4.74 Å². The number of H-pyrrole nitrogens is 1. The highest BCUT2D eigenvalue weighted by atomic mass is 32.1. The van der Waals surface area contributed by atoms with Crippen LogP contribution >= 0.6 is 12.2 Å². The number of rotatable bonds is 5. The van der Waals surface area contributed by atoms with Gasteiger partial charge in [0, 0.05) is 5.56 Å². The highest BCUT2D eigenvalue weighted by Crippen LogP contribution is 2.23. The summed E-state index contributed by atoms with van der Waals surface area (Å²) in [6.07, 6.45) is 1.88. The number of nitrogens with one attached hydrogen (secondary N) is 1. The number of aromatic nitrogens is 3. The molecule has 0 bridgehead atoms. The second-order valence-electron chi connectivity index (χ2n) is 6.02. The van der Waals surface area contributed by atoms with Crippen LogP contribution < -0.4 is 4.74 Å². The lowest BCUT2D eigenvalue weighted by Crippen LogP contribution is -2.05. The third-order valence-corrected chi connectivity index (χ3v) is 3.74. The van der Waals surface area contributed by atoms with E-state index in [0.717, 1.165) is 16.9 Å². The van der Waals surface area contributed by atoms with E-state index in [1.807, 2.05) is 63.2 Å². The number of hydrogen-bond acceptors (Lipinski definition) is 4. The van der Waals surface area contributed by atoms with Gasteiger partial charge >= 0.3 is 0 Å². The zero-order valence-corrected chi connectivity index (χ0v) is 15.2. The minimum absolute atomic E-state index is 0.107. The summed E-state index contributed by atoms with van der Waals surface area (Å²) in [6, 6.07) is 15.8. The van der Waals surface area contributed by atoms with Crippen molar-refractivity contribution in [3.05, 3.63) is 64.4 Å². The zero-order valence-electron chi connectivity index (χ0n) is 14.4. The summed E-state index contributed by atoms with van der Waals surface area (Å²) in [4.78, 5) is 0. The van der Waals surface area contributed by atoms with Crippen LogP contribution in [0.5, 0.6) is 5.75 Å². The Hall–Kier alpha value is -2.73. The topological polar surface area (TPSA) is 55.2 Å². The Morgan fingerprint density at radius 2 is 2.00 bits per heavy atom. The molecule has 1 N–H and O–H groups in total. The second-order valence-corrected chi connectivity index (χ2v) is 6.40. The van der Waals surface area contributed by atoms with Crippen LogP contribution in [0.2, 0.25) is 0 Å². The maximum absolute atomic E-state index is 5.75. The predicted octanol–water partition coefficient (Wildman–Crippen LogP) is 4.59. The van der Waals surface area contributed by atoms with Crippen LogP contribution in [0.25, 0.3) is 11.4 Å². The van der Waals surface area contributed by atoms with E-state index < -0.39 is 0 Å². The summed E-state index contributed by atoms with van der Waals surface area (Å²) in [5.74, 6) is 1.43. The van der Waals surface area contributed by atoms with Crippen LogP contribution in [0.15, 0.2) is 53.6 Å². The Labute approximate surface area is 152 Å². The van der Waals surface area contributed by atoms with E-state index in [0.29, 0.717) is 10.6 Å². The lowest BCUT2D eigenvalue weighted by atomic mass is 10.2. The molecule has 0 amide bonds. The number of benzene rings is 2. The Bertz CT molecular complexity index is 956. The number of aromatic amines is 1. The molecule has 0 radical (unpaired) electrons. The third-order valence-electron chi connectivity index (χ3n) is 3.48. The maximum atomic E-state index is 5.75. The molecule has 25 heavy (non-hydrogen) atoms. The minimum atomic E-state index is 0.107. The van der Waals surface area contributed by atoms with E-state index in [-0.39, 0.29) is 6.10 Å². The van der Waals surface area contributed by atoms with E-state index in [2.05, 4.69) is 21.4 Å². The van der Waals surface area contributed by atoms with Crippen molar-refractivity contribution in [2.24, 2.45) is 5.10 Å². The fraction of sp³-hybridized carbons (Fsp3) is 0.211. The van der Waals surface area contributed by atoms with E-state index in [1.165, 1.54) is 5.56 Å². The molecular formula is C19H20N4OS. The van der Waals surface area contributed by atoms with Gasteiger partial charge in [0.25, 0.3) is 0 Å². The van der Waals surface area contributed by atoms with Crippen molar-refractivity contribution in [2.45, 2.75) is 26.9 Å². The highest BCUT2D eigenvalue weighted by Gasteiger charge is 2.09. The maximum Gasteiger partial charge on any atom is 0.216 e. The Morgan fingerprint density at radius 3 is 2.76 bits per heavy atom. The van der Waals surface area contributed by atoms with E-state index in [1.54, 1.807) is 10.9 Å². The Morgan fingerprint density at radius 1 is 1.20 bits per heavy atom. The lowest BCUT2D eigenvalue weighted by Gasteiger charge is -2.10. The Balaban J connectivity index is 1.96. The van der Waals surface area contributed by atoms with Gasteiger partial charge in [-0.2, -0.15) is 14.9 Å². The summed E-state index contributed by atoms with van der Waals surface area (Å²) in [7, 11) is 0. The number of hydrogen-bond donors (Lipinski definition) is 1. The first-order valence-corrected chi connectivity index (χ1v) is 8.49. The smallest absolute Gasteiger partial charge is 0.216 e. The normalized spacial score (nSPS) is 11.4. The average Bonchev–Trinajstić information content (AvgIpc) is 2.93. The third kappa shape index (κ3) is 4.22. The molecule has 2 aromatic carbocycles. The van der Waals surface area contributed by atoms with Crippen molar-refractivity contribution in [1.29, 1.82) is 0 Å². The van der Waals surface area contributed by atoms with Crippen LogP contribution in [0.1, 0.15) is 25.0 Å². The van der Waals surface area contributed by atoms with Gasteiger partial charge in [-0.05, 0) is 50.7 Å². The molecule has 3 rings (SSSR count). The van der Waals surface area contributed by atoms with Gasteiger partial charge in [-0.1, -0.05) is 42.0 Å². The SMILES string of the molecule is Cc1cccc(/C=N\n2c(-c3cccc(OC(C)C)c3)n[nH]c2=S)c1. The monoisotopic (exact) mass is 352 g/mol. The van der Waals surface area contributed by atoms with Gasteiger partial charge in [-0.3, -0.25) is 0 Å². The average molecular weight is 352 g/mol. The molecule has 0 saturated carbocycles. The fourth-order valence-electron chi connectivity index (χ4n) is 2.44. The molecule has 0 aliphatic rings. The number of nitrogens with zero attached hydrogens (tertiary/aromatic N) is 3.